The number of piperidine rings is 1. The van der Waals surface area contributed by atoms with Gasteiger partial charge in [0.05, 0.1) is 11.6 Å². The first-order valence-corrected chi connectivity index (χ1v) is 9.75. The number of nitrogens with one attached hydrogen (secondary N) is 1. The maximum absolute atomic E-state index is 4.81. The number of likely N-dealkylation sites (tertiary alicyclic amines) is 1. The number of hydrogen-bond donors (Lipinski definition) is 1. The Morgan fingerprint density at radius 1 is 1.27 bits per heavy atom. The van der Waals surface area contributed by atoms with E-state index in [1.807, 2.05) is 13.1 Å². The molecular formula is C20H27IN4S. The average molecular weight is 482 g/mol. The van der Waals surface area contributed by atoms with E-state index in [9.17, 15) is 0 Å². The van der Waals surface area contributed by atoms with Crippen molar-refractivity contribution in [2.75, 3.05) is 19.6 Å². The summed E-state index contributed by atoms with van der Waals surface area (Å²) in [5.41, 5.74) is 2.82. The molecule has 0 unspecified atom stereocenters. The van der Waals surface area contributed by atoms with Crippen molar-refractivity contribution in [3.05, 3.63) is 57.6 Å². The summed E-state index contributed by atoms with van der Waals surface area (Å²) in [6, 6.07) is 10.6. The molecule has 3 rings (SSSR count). The van der Waals surface area contributed by atoms with Crippen molar-refractivity contribution in [1.82, 2.24) is 15.2 Å². The monoisotopic (exact) mass is 482 g/mol. The van der Waals surface area contributed by atoms with E-state index in [1.165, 1.54) is 16.0 Å². The molecule has 1 aromatic heterocycles. The van der Waals surface area contributed by atoms with Crippen molar-refractivity contribution < 1.29 is 0 Å². The quantitative estimate of drug-likeness (QED) is 0.390. The molecule has 140 valence electrons. The van der Waals surface area contributed by atoms with Crippen LogP contribution in [0.4, 0.5) is 0 Å². The first kappa shape index (κ1) is 20.9. The van der Waals surface area contributed by atoms with Gasteiger partial charge in [0.2, 0.25) is 0 Å². The third-order valence-corrected chi connectivity index (χ3v) is 5.16. The minimum absolute atomic E-state index is 0. The Morgan fingerprint density at radius 3 is 2.62 bits per heavy atom. The van der Waals surface area contributed by atoms with Crippen LogP contribution in [0.3, 0.4) is 0 Å². The fourth-order valence-corrected chi connectivity index (χ4v) is 3.71. The minimum atomic E-state index is 0. The van der Waals surface area contributed by atoms with Gasteiger partial charge in [-0.05, 0) is 32.3 Å². The third kappa shape index (κ3) is 6.09. The highest BCUT2D eigenvalue weighted by molar-refractivity contribution is 14.0. The van der Waals surface area contributed by atoms with E-state index in [1.54, 1.807) is 11.3 Å². The summed E-state index contributed by atoms with van der Waals surface area (Å²) in [6.07, 6.45) is 6.46. The van der Waals surface area contributed by atoms with Crippen LogP contribution in [0.5, 0.6) is 0 Å². The fraction of sp³-hybridized carbons (Fsp3) is 0.400. The van der Waals surface area contributed by atoms with Gasteiger partial charge >= 0.3 is 0 Å². The number of halogens is 1. The Balaban J connectivity index is 0.00000243. The molecule has 0 bridgehead atoms. The van der Waals surface area contributed by atoms with Gasteiger partial charge in [0, 0.05) is 30.7 Å². The predicted molar refractivity (Wildman–Crippen MR) is 122 cm³/mol. The molecule has 1 fully saturated rings. The molecule has 0 radical (unpaired) electrons. The lowest BCUT2D eigenvalue weighted by Crippen LogP contribution is -2.44. The van der Waals surface area contributed by atoms with Crippen molar-refractivity contribution in [2.24, 2.45) is 4.99 Å². The summed E-state index contributed by atoms with van der Waals surface area (Å²) in [5.74, 6) is 1.02. The van der Waals surface area contributed by atoms with E-state index >= 15 is 0 Å². The second-order valence-corrected chi connectivity index (χ2v) is 7.54. The van der Waals surface area contributed by atoms with Gasteiger partial charge in [-0.3, -0.25) is 0 Å². The molecule has 26 heavy (non-hydrogen) atoms. The highest BCUT2D eigenvalue weighted by Gasteiger charge is 2.17. The Bertz CT molecular complexity index is 729. The molecule has 0 amide bonds. The van der Waals surface area contributed by atoms with Gasteiger partial charge in [0.25, 0.3) is 0 Å². The molecule has 1 aromatic carbocycles. The maximum Gasteiger partial charge on any atom is 0.194 e. The number of aliphatic imine (C=N–C) groups is 1. The van der Waals surface area contributed by atoms with Crippen molar-refractivity contribution in [2.45, 2.75) is 33.2 Å². The van der Waals surface area contributed by atoms with E-state index in [2.05, 4.69) is 58.5 Å². The summed E-state index contributed by atoms with van der Waals surface area (Å²) in [7, 11) is 0. The van der Waals surface area contributed by atoms with Gasteiger partial charge < -0.3 is 10.2 Å². The van der Waals surface area contributed by atoms with Crippen LogP contribution in [-0.4, -0.2) is 35.5 Å². The van der Waals surface area contributed by atoms with Gasteiger partial charge in [0.15, 0.2) is 5.96 Å². The van der Waals surface area contributed by atoms with Crippen LogP contribution in [0.25, 0.3) is 6.08 Å². The van der Waals surface area contributed by atoms with Gasteiger partial charge in [-0.2, -0.15) is 0 Å². The maximum atomic E-state index is 4.81. The summed E-state index contributed by atoms with van der Waals surface area (Å²) < 4.78 is 0. The molecule has 0 saturated carbocycles. The molecule has 2 heterocycles. The fourth-order valence-electron chi connectivity index (χ4n) is 2.99. The zero-order chi connectivity index (χ0) is 17.5. The molecule has 0 spiro atoms. The number of benzene rings is 1. The Kier molecular flexibility index (Phi) is 8.58. The topological polar surface area (TPSA) is 40.5 Å². The molecule has 0 atom stereocenters. The van der Waals surface area contributed by atoms with Crippen molar-refractivity contribution >= 4 is 47.3 Å². The number of aryl methyl sites for hydroxylation is 1. The SMILES string of the molecule is CCNC(=NCc1cnc(C)s1)N1CCC(=Cc2ccccc2)CC1.I. The number of aromatic nitrogens is 1. The lowest BCUT2D eigenvalue weighted by atomic mass is 10.0. The summed E-state index contributed by atoms with van der Waals surface area (Å²) in [5, 5.41) is 4.54. The summed E-state index contributed by atoms with van der Waals surface area (Å²) in [4.78, 5) is 12.7. The van der Waals surface area contributed by atoms with Crippen LogP contribution < -0.4 is 5.32 Å². The van der Waals surface area contributed by atoms with Gasteiger partial charge in [-0.25, -0.2) is 9.98 Å². The Labute approximate surface area is 177 Å². The van der Waals surface area contributed by atoms with E-state index in [0.29, 0.717) is 6.54 Å². The molecular weight excluding hydrogens is 455 g/mol. The zero-order valence-corrected chi connectivity index (χ0v) is 18.6. The summed E-state index contributed by atoms with van der Waals surface area (Å²) >= 11 is 1.72. The zero-order valence-electron chi connectivity index (χ0n) is 15.4. The predicted octanol–water partition coefficient (Wildman–Crippen LogP) is 4.71. The first-order valence-electron chi connectivity index (χ1n) is 8.93. The van der Waals surface area contributed by atoms with E-state index in [0.717, 1.165) is 43.4 Å². The largest absolute Gasteiger partial charge is 0.357 e. The number of hydrogen-bond acceptors (Lipinski definition) is 3. The van der Waals surface area contributed by atoms with Crippen LogP contribution in [0.15, 0.2) is 47.1 Å². The van der Waals surface area contributed by atoms with E-state index < -0.39 is 0 Å². The van der Waals surface area contributed by atoms with Crippen LogP contribution in [-0.2, 0) is 6.54 Å². The second-order valence-electron chi connectivity index (χ2n) is 6.22. The van der Waals surface area contributed by atoms with Crippen LogP contribution in [0, 0.1) is 6.92 Å². The Morgan fingerprint density at radius 2 is 2.00 bits per heavy atom. The molecule has 6 heteroatoms. The second kappa shape index (κ2) is 10.7. The van der Waals surface area contributed by atoms with Crippen LogP contribution in [0.1, 0.15) is 35.2 Å². The molecule has 0 aliphatic carbocycles. The van der Waals surface area contributed by atoms with Gasteiger partial charge in [0.1, 0.15) is 0 Å². The number of nitrogens with zero attached hydrogens (tertiary/aromatic N) is 3. The highest BCUT2D eigenvalue weighted by atomic mass is 127. The number of rotatable bonds is 4. The average Bonchev–Trinajstić information content (AvgIpc) is 3.06. The molecule has 2 aromatic rings. The molecule has 1 saturated heterocycles. The van der Waals surface area contributed by atoms with E-state index in [-0.39, 0.29) is 24.0 Å². The molecule has 1 N–H and O–H groups in total. The first-order chi connectivity index (χ1) is 12.2. The smallest absolute Gasteiger partial charge is 0.194 e. The van der Waals surface area contributed by atoms with Crippen LogP contribution >= 0.6 is 35.3 Å². The molecule has 4 nitrogen and oxygen atoms in total. The van der Waals surface area contributed by atoms with Crippen LogP contribution in [0.2, 0.25) is 0 Å². The summed E-state index contributed by atoms with van der Waals surface area (Å²) in [6.45, 7) is 7.80. The molecule has 1 aliphatic rings. The number of thiazole rings is 1. The third-order valence-electron chi connectivity index (χ3n) is 4.26. The highest BCUT2D eigenvalue weighted by Crippen LogP contribution is 2.20. The Hall–Kier alpha value is -1.41. The van der Waals surface area contributed by atoms with Crippen molar-refractivity contribution in [3.63, 3.8) is 0 Å². The lowest BCUT2D eigenvalue weighted by molar-refractivity contribution is 0.375. The standard InChI is InChI=1S/C20H26N4S.HI/c1-3-21-20(23-15-19-14-22-16(2)25-19)24-11-9-18(10-12-24)13-17-7-5-4-6-8-17;/h4-8,13-14H,3,9-12,15H2,1-2H3,(H,21,23);1H. The van der Waals surface area contributed by atoms with Gasteiger partial charge in [-0.1, -0.05) is 42.0 Å². The lowest BCUT2D eigenvalue weighted by Gasteiger charge is -2.31. The van der Waals surface area contributed by atoms with Gasteiger partial charge in [-0.15, -0.1) is 35.3 Å². The van der Waals surface area contributed by atoms with Crippen molar-refractivity contribution in [3.8, 4) is 0 Å². The minimum Gasteiger partial charge on any atom is -0.357 e. The number of guanidine groups is 1. The molecule has 1 aliphatic heterocycles. The van der Waals surface area contributed by atoms with Crippen molar-refractivity contribution in [1.29, 1.82) is 0 Å². The van der Waals surface area contributed by atoms with E-state index in [4.69, 9.17) is 4.99 Å². The normalized spacial score (nSPS) is 14.8.